The Kier molecular flexibility index (Phi) is 4.43. The number of benzene rings is 1. The van der Waals surface area contributed by atoms with Crippen molar-refractivity contribution in [2.24, 2.45) is 0 Å². The fourth-order valence-corrected chi connectivity index (χ4v) is 1.46. The summed E-state index contributed by atoms with van der Waals surface area (Å²) in [5.74, 6) is -1.94. The van der Waals surface area contributed by atoms with Crippen LogP contribution in [-0.2, 0) is 14.3 Å². The molecule has 94 valence electrons. The van der Waals surface area contributed by atoms with Gasteiger partial charge in [-0.3, -0.25) is 4.79 Å². The highest BCUT2D eigenvalue weighted by molar-refractivity contribution is 6.24. The number of hydrogen-bond acceptors (Lipinski definition) is 3. The Balaban J connectivity index is 3.46. The van der Waals surface area contributed by atoms with E-state index in [1.807, 2.05) is 0 Å². The number of carbonyl (C=O) groups is 2. The summed E-state index contributed by atoms with van der Waals surface area (Å²) in [5, 5.41) is 9.24. The minimum absolute atomic E-state index is 0.161. The molecule has 1 N–H and O–H groups in total. The number of carboxylic acids is 1. The molecule has 1 aromatic rings. The first-order valence-corrected chi connectivity index (χ1v) is 5.26. The summed E-state index contributed by atoms with van der Waals surface area (Å²) in [7, 11) is 1.27. The summed E-state index contributed by atoms with van der Waals surface area (Å²) in [6.07, 6.45) is 0. The summed E-state index contributed by atoms with van der Waals surface area (Å²) in [4.78, 5) is 23.2. The summed E-state index contributed by atoms with van der Waals surface area (Å²) in [5.41, 5.74) is 0.476. The van der Waals surface area contributed by atoms with Gasteiger partial charge in [-0.15, -0.1) is 0 Å². The average molecular weight is 246 g/mol. The van der Waals surface area contributed by atoms with Crippen LogP contribution in [0.1, 0.15) is 12.5 Å². The molecule has 0 aliphatic rings. The third kappa shape index (κ3) is 2.85. The first-order valence-electron chi connectivity index (χ1n) is 5.26. The zero-order chi connectivity index (χ0) is 13.7. The lowest BCUT2D eigenvalue weighted by molar-refractivity contribution is -0.130. The number of ketones is 1. The van der Waals surface area contributed by atoms with Gasteiger partial charge in [0.15, 0.2) is 5.76 Å². The van der Waals surface area contributed by atoms with Crippen LogP contribution in [0.25, 0.3) is 5.57 Å². The number of allylic oxidation sites excluding steroid dienone is 1. The summed E-state index contributed by atoms with van der Waals surface area (Å²) in [6.45, 7) is 5.01. The van der Waals surface area contributed by atoms with Crippen LogP contribution in [0.2, 0.25) is 0 Å². The number of aliphatic carboxylic acids is 1. The number of carboxylic acid groups (broad SMARTS) is 1. The van der Waals surface area contributed by atoms with Gasteiger partial charge in [0.1, 0.15) is 5.57 Å². The van der Waals surface area contributed by atoms with E-state index in [-0.39, 0.29) is 16.9 Å². The number of hydrogen-bond donors (Lipinski definition) is 1. The summed E-state index contributed by atoms with van der Waals surface area (Å²) < 4.78 is 4.94. The third-order valence-corrected chi connectivity index (χ3v) is 2.30. The van der Waals surface area contributed by atoms with Crippen molar-refractivity contribution < 1.29 is 19.4 Å². The van der Waals surface area contributed by atoms with Crippen LogP contribution >= 0.6 is 0 Å². The molecule has 0 aromatic heterocycles. The van der Waals surface area contributed by atoms with Crippen molar-refractivity contribution in [1.29, 1.82) is 0 Å². The first kappa shape index (κ1) is 13.7. The molecular formula is C14H14O4. The second-order valence-corrected chi connectivity index (χ2v) is 3.69. The largest absolute Gasteiger partial charge is 0.492 e. The van der Waals surface area contributed by atoms with Gasteiger partial charge in [0, 0.05) is 0 Å². The van der Waals surface area contributed by atoms with Crippen LogP contribution in [0.4, 0.5) is 0 Å². The first-order chi connectivity index (χ1) is 8.49. The van der Waals surface area contributed by atoms with Crippen molar-refractivity contribution in [3.05, 3.63) is 53.8 Å². The fraction of sp³-hybridized carbons (Fsp3) is 0.143. The van der Waals surface area contributed by atoms with Crippen LogP contribution in [0.15, 0.2) is 48.2 Å². The molecule has 0 bridgehead atoms. The number of rotatable bonds is 5. The van der Waals surface area contributed by atoms with Crippen LogP contribution in [0, 0.1) is 0 Å². The second kappa shape index (κ2) is 5.82. The van der Waals surface area contributed by atoms with Gasteiger partial charge in [-0.05, 0) is 18.1 Å². The van der Waals surface area contributed by atoms with E-state index in [0.29, 0.717) is 5.56 Å². The lowest BCUT2D eigenvalue weighted by atomic mass is 10.0. The number of Topliss-reactive ketones (excluding diaryl/α,β-unsaturated/α-hetero) is 1. The van der Waals surface area contributed by atoms with Crippen molar-refractivity contribution in [1.82, 2.24) is 0 Å². The van der Waals surface area contributed by atoms with Crippen LogP contribution in [0.3, 0.4) is 0 Å². The Hall–Kier alpha value is -2.36. The molecule has 4 heteroatoms. The Morgan fingerprint density at radius 1 is 1.22 bits per heavy atom. The van der Waals surface area contributed by atoms with Crippen LogP contribution in [0.5, 0.6) is 0 Å². The molecule has 0 heterocycles. The lowest BCUT2D eigenvalue weighted by Gasteiger charge is -2.10. The van der Waals surface area contributed by atoms with Gasteiger partial charge in [-0.1, -0.05) is 36.9 Å². The highest BCUT2D eigenvalue weighted by Crippen LogP contribution is 2.21. The third-order valence-electron chi connectivity index (χ3n) is 2.30. The van der Waals surface area contributed by atoms with E-state index in [4.69, 9.17) is 4.74 Å². The molecule has 0 aliphatic carbocycles. The van der Waals surface area contributed by atoms with E-state index in [9.17, 15) is 14.7 Å². The van der Waals surface area contributed by atoms with Crippen LogP contribution < -0.4 is 0 Å². The minimum Gasteiger partial charge on any atom is -0.492 e. The van der Waals surface area contributed by atoms with Crippen molar-refractivity contribution in [2.45, 2.75) is 6.92 Å². The van der Waals surface area contributed by atoms with Crippen molar-refractivity contribution >= 4 is 17.3 Å². The minimum atomic E-state index is -1.22. The molecule has 0 amide bonds. The topological polar surface area (TPSA) is 63.6 Å². The molecule has 0 unspecified atom stereocenters. The fourth-order valence-electron chi connectivity index (χ4n) is 1.46. The number of methoxy groups -OCH3 is 1. The van der Waals surface area contributed by atoms with Gasteiger partial charge in [-0.2, -0.15) is 0 Å². The summed E-state index contributed by atoms with van der Waals surface area (Å²) in [6, 6.07) is 8.35. The molecule has 18 heavy (non-hydrogen) atoms. The number of carbonyl (C=O) groups excluding carboxylic acids is 1. The lowest BCUT2D eigenvalue weighted by Crippen LogP contribution is -2.13. The Morgan fingerprint density at radius 3 is 2.17 bits per heavy atom. The smallest absolute Gasteiger partial charge is 0.340 e. The monoisotopic (exact) mass is 246 g/mol. The molecule has 0 saturated carbocycles. The molecule has 0 fully saturated rings. The van der Waals surface area contributed by atoms with Crippen molar-refractivity contribution in [3.63, 3.8) is 0 Å². The molecule has 0 atom stereocenters. The maximum atomic E-state index is 11.8. The van der Waals surface area contributed by atoms with E-state index >= 15 is 0 Å². The molecule has 4 nitrogen and oxygen atoms in total. The quantitative estimate of drug-likeness (QED) is 0.639. The SMILES string of the molecule is C=C(C)C(=O)C(OC)=C(C(=O)O)c1ccccc1. The Morgan fingerprint density at radius 2 is 1.78 bits per heavy atom. The maximum Gasteiger partial charge on any atom is 0.340 e. The van der Waals surface area contributed by atoms with Crippen LogP contribution in [-0.4, -0.2) is 24.0 Å². The van der Waals surface area contributed by atoms with Gasteiger partial charge in [0.05, 0.1) is 7.11 Å². The van der Waals surface area contributed by atoms with E-state index in [1.165, 1.54) is 14.0 Å². The van der Waals surface area contributed by atoms with Gasteiger partial charge < -0.3 is 9.84 Å². The predicted molar refractivity (Wildman–Crippen MR) is 67.8 cm³/mol. The van der Waals surface area contributed by atoms with Gasteiger partial charge in [0.2, 0.25) is 5.78 Å². The second-order valence-electron chi connectivity index (χ2n) is 3.69. The molecule has 1 rings (SSSR count). The highest BCUT2D eigenvalue weighted by Gasteiger charge is 2.23. The van der Waals surface area contributed by atoms with Gasteiger partial charge in [-0.25, -0.2) is 4.79 Å². The Bertz CT molecular complexity index is 512. The predicted octanol–water partition coefficient (Wildman–Crippen LogP) is 2.27. The molecular weight excluding hydrogens is 232 g/mol. The molecule has 0 radical (unpaired) electrons. The zero-order valence-corrected chi connectivity index (χ0v) is 10.3. The molecule has 1 aromatic carbocycles. The van der Waals surface area contributed by atoms with E-state index < -0.39 is 11.8 Å². The van der Waals surface area contributed by atoms with Crippen molar-refractivity contribution in [2.75, 3.05) is 7.11 Å². The van der Waals surface area contributed by atoms with Gasteiger partial charge in [0.25, 0.3) is 0 Å². The Labute approximate surface area is 105 Å². The van der Waals surface area contributed by atoms with E-state index in [2.05, 4.69) is 6.58 Å². The van der Waals surface area contributed by atoms with E-state index in [0.717, 1.165) is 0 Å². The highest BCUT2D eigenvalue weighted by atomic mass is 16.5. The molecule has 0 saturated heterocycles. The number of ether oxygens (including phenoxy) is 1. The normalized spacial score (nSPS) is 11.4. The molecule has 0 aliphatic heterocycles. The van der Waals surface area contributed by atoms with E-state index in [1.54, 1.807) is 30.3 Å². The zero-order valence-electron chi connectivity index (χ0n) is 10.3. The maximum absolute atomic E-state index is 11.8. The molecule has 0 spiro atoms. The van der Waals surface area contributed by atoms with Crippen molar-refractivity contribution in [3.8, 4) is 0 Å². The average Bonchev–Trinajstić information content (AvgIpc) is 2.35. The van der Waals surface area contributed by atoms with Gasteiger partial charge >= 0.3 is 5.97 Å². The summed E-state index contributed by atoms with van der Waals surface area (Å²) >= 11 is 0. The standard InChI is InChI=1S/C14H14O4/c1-9(2)12(15)13(18-3)11(14(16)17)10-7-5-4-6-8-10/h4-8H,1H2,2-3H3,(H,16,17).